The molecule has 0 aliphatic carbocycles. The van der Waals surface area contributed by atoms with E-state index in [2.05, 4.69) is 10.4 Å². The van der Waals surface area contributed by atoms with Crippen LogP contribution >= 0.6 is 0 Å². The van der Waals surface area contributed by atoms with Crippen LogP contribution in [0, 0.1) is 0 Å². The highest BCUT2D eigenvalue weighted by Gasteiger charge is 2.07. The first-order valence-electron chi connectivity index (χ1n) is 6.63. The van der Waals surface area contributed by atoms with E-state index in [1.54, 1.807) is 13.2 Å². The molecule has 0 aliphatic heterocycles. The molecule has 2 rings (SSSR count). The van der Waals surface area contributed by atoms with Crippen LogP contribution in [0.4, 0.5) is 0 Å². The number of ether oxygens (including phenoxy) is 1. The van der Waals surface area contributed by atoms with Gasteiger partial charge in [-0.2, -0.15) is 5.10 Å². The molecule has 1 aromatic heterocycles. The highest BCUT2D eigenvalue weighted by Crippen LogP contribution is 2.19. The summed E-state index contributed by atoms with van der Waals surface area (Å²) >= 11 is 0. The van der Waals surface area contributed by atoms with Gasteiger partial charge in [0.15, 0.2) is 0 Å². The molecule has 0 saturated heterocycles. The zero-order chi connectivity index (χ0) is 15.2. The number of aromatic nitrogens is 2. The summed E-state index contributed by atoms with van der Waals surface area (Å²) in [6, 6.07) is 10.4. The molecule has 110 valence electrons. The summed E-state index contributed by atoms with van der Waals surface area (Å²) in [4.78, 5) is 23.3. The quantitative estimate of drug-likeness (QED) is 0.892. The Morgan fingerprint density at radius 2 is 1.95 bits per heavy atom. The second-order valence-corrected chi connectivity index (χ2v) is 4.40. The van der Waals surface area contributed by atoms with E-state index >= 15 is 0 Å². The van der Waals surface area contributed by atoms with E-state index in [0.717, 1.165) is 16.0 Å². The van der Waals surface area contributed by atoms with E-state index in [1.165, 1.54) is 6.07 Å². The van der Waals surface area contributed by atoms with Crippen LogP contribution in [0.1, 0.15) is 6.92 Å². The van der Waals surface area contributed by atoms with Crippen LogP contribution in [0.5, 0.6) is 5.75 Å². The van der Waals surface area contributed by atoms with E-state index in [1.807, 2.05) is 31.2 Å². The van der Waals surface area contributed by atoms with Crippen LogP contribution in [0.15, 0.2) is 41.2 Å². The average Bonchev–Trinajstić information content (AvgIpc) is 2.50. The van der Waals surface area contributed by atoms with Crippen LogP contribution in [0.25, 0.3) is 11.3 Å². The molecule has 0 fully saturated rings. The summed E-state index contributed by atoms with van der Waals surface area (Å²) < 4.78 is 6.26. The maximum Gasteiger partial charge on any atom is 0.267 e. The molecule has 0 saturated carbocycles. The Labute approximate surface area is 122 Å². The Balaban J connectivity index is 2.28. The van der Waals surface area contributed by atoms with Crippen molar-refractivity contribution in [1.82, 2.24) is 15.1 Å². The zero-order valence-corrected chi connectivity index (χ0v) is 12.0. The SMILES string of the molecule is CCNC(=O)Cn1nc(-c2ccc(OC)cc2)ccc1=O. The summed E-state index contributed by atoms with van der Waals surface area (Å²) in [5, 5.41) is 6.86. The van der Waals surface area contributed by atoms with E-state index in [-0.39, 0.29) is 18.0 Å². The molecular weight excluding hydrogens is 270 g/mol. The van der Waals surface area contributed by atoms with E-state index < -0.39 is 0 Å². The molecule has 0 atom stereocenters. The zero-order valence-electron chi connectivity index (χ0n) is 12.0. The number of carbonyl (C=O) groups excluding carboxylic acids is 1. The van der Waals surface area contributed by atoms with Crippen LogP contribution in [-0.4, -0.2) is 29.3 Å². The number of hydrogen-bond donors (Lipinski definition) is 1. The monoisotopic (exact) mass is 287 g/mol. The van der Waals surface area contributed by atoms with E-state index in [0.29, 0.717) is 12.2 Å². The van der Waals surface area contributed by atoms with Crippen molar-refractivity contribution in [3.63, 3.8) is 0 Å². The lowest BCUT2D eigenvalue weighted by molar-refractivity contribution is -0.121. The third-order valence-electron chi connectivity index (χ3n) is 2.92. The minimum Gasteiger partial charge on any atom is -0.497 e. The molecule has 0 aliphatic rings. The standard InChI is InChI=1S/C15H17N3O3/c1-3-16-14(19)10-18-15(20)9-8-13(17-18)11-4-6-12(21-2)7-5-11/h4-9H,3,10H2,1-2H3,(H,16,19). The van der Waals surface area contributed by atoms with Gasteiger partial charge in [0.2, 0.25) is 5.91 Å². The number of rotatable bonds is 5. The third kappa shape index (κ3) is 3.68. The third-order valence-corrected chi connectivity index (χ3v) is 2.92. The number of hydrogen-bond acceptors (Lipinski definition) is 4. The maximum absolute atomic E-state index is 11.7. The fourth-order valence-electron chi connectivity index (χ4n) is 1.87. The molecule has 0 spiro atoms. The van der Waals surface area contributed by atoms with Crippen LogP contribution in [0.3, 0.4) is 0 Å². The van der Waals surface area contributed by atoms with Gasteiger partial charge in [-0.3, -0.25) is 9.59 Å². The molecule has 0 bridgehead atoms. The van der Waals surface area contributed by atoms with E-state index in [4.69, 9.17) is 4.74 Å². The summed E-state index contributed by atoms with van der Waals surface area (Å²) in [6.45, 7) is 2.25. The van der Waals surface area contributed by atoms with Crippen molar-refractivity contribution in [2.75, 3.05) is 13.7 Å². The number of methoxy groups -OCH3 is 1. The predicted molar refractivity (Wildman–Crippen MR) is 79.2 cm³/mol. The van der Waals surface area contributed by atoms with Crippen molar-refractivity contribution < 1.29 is 9.53 Å². The van der Waals surface area contributed by atoms with Gasteiger partial charge in [-0.25, -0.2) is 4.68 Å². The first-order chi connectivity index (χ1) is 10.1. The minimum absolute atomic E-state index is 0.0866. The van der Waals surface area contributed by atoms with Gasteiger partial charge in [0.05, 0.1) is 12.8 Å². The molecule has 0 unspecified atom stereocenters. The lowest BCUT2D eigenvalue weighted by Crippen LogP contribution is -2.33. The van der Waals surface area contributed by atoms with Crippen molar-refractivity contribution in [2.45, 2.75) is 13.5 Å². The lowest BCUT2D eigenvalue weighted by Gasteiger charge is -2.07. The Kier molecular flexibility index (Phi) is 4.71. The Bertz CT molecular complexity index is 677. The summed E-state index contributed by atoms with van der Waals surface area (Å²) in [6.07, 6.45) is 0. The molecular formula is C15H17N3O3. The van der Waals surface area contributed by atoms with E-state index in [9.17, 15) is 9.59 Å². The number of nitrogens with zero attached hydrogens (tertiary/aromatic N) is 2. The molecule has 6 heteroatoms. The number of carbonyl (C=O) groups is 1. The molecule has 21 heavy (non-hydrogen) atoms. The smallest absolute Gasteiger partial charge is 0.267 e. The van der Waals surface area contributed by atoms with Gasteiger partial charge in [0.25, 0.3) is 5.56 Å². The Hall–Kier alpha value is -2.63. The minimum atomic E-state index is -0.307. The fourth-order valence-corrected chi connectivity index (χ4v) is 1.87. The van der Waals surface area contributed by atoms with Gasteiger partial charge in [0.1, 0.15) is 12.3 Å². The molecule has 1 aromatic carbocycles. The van der Waals surface area contributed by atoms with Gasteiger partial charge in [-0.1, -0.05) is 0 Å². The molecule has 1 amide bonds. The number of benzene rings is 1. The highest BCUT2D eigenvalue weighted by molar-refractivity contribution is 5.75. The van der Waals surface area contributed by atoms with Gasteiger partial charge < -0.3 is 10.1 Å². The van der Waals surface area contributed by atoms with Crippen LogP contribution < -0.4 is 15.6 Å². The summed E-state index contributed by atoms with van der Waals surface area (Å²) in [7, 11) is 1.60. The largest absolute Gasteiger partial charge is 0.497 e. The Morgan fingerprint density at radius 3 is 2.57 bits per heavy atom. The van der Waals surface area contributed by atoms with Crippen molar-refractivity contribution in [3.8, 4) is 17.0 Å². The molecule has 6 nitrogen and oxygen atoms in total. The first-order valence-corrected chi connectivity index (χ1v) is 6.63. The highest BCUT2D eigenvalue weighted by atomic mass is 16.5. The van der Waals surface area contributed by atoms with Crippen molar-refractivity contribution >= 4 is 5.91 Å². The van der Waals surface area contributed by atoms with Gasteiger partial charge in [-0.05, 0) is 37.3 Å². The average molecular weight is 287 g/mol. The second-order valence-electron chi connectivity index (χ2n) is 4.40. The van der Waals surface area contributed by atoms with Crippen LogP contribution in [0.2, 0.25) is 0 Å². The van der Waals surface area contributed by atoms with Gasteiger partial charge in [-0.15, -0.1) is 0 Å². The second kappa shape index (κ2) is 6.69. The number of likely N-dealkylation sites (N-methyl/N-ethyl adjacent to an activating group) is 1. The predicted octanol–water partition coefficient (Wildman–Crippen LogP) is 1.05. The molecule has 0 radical (unpaired) electrons. The topological polar surface area (TPSA) is 73.2 Å². The number of amides is 1. The van der Waals surface area contributed by atoms with Crippen LogP contribution in [-0.2, 0) is 11.3 Å². The lowest BCUT2D eigenvalue weighted by atomic mass is 10.1. The fraction of sp³-hybridized carbons (Fsp3) is 0.267. The normalized spacial score (nSPS) is 10.2. The van der Waals surface area contributed by atoms with Crippen molar-refractivity contribution in [2.24, 2.45) is 0 Å². The summed E-state index contributed by atoms with van der Waals surface area (Å²) in [5.74, 6) is 0.508. The molecule has 1 heterocycles. The first kappa shape index (κ1) is 14.8. The van der Waals surface area contributed by atoms with Gasteiger partial charge >= 0.3 is 0 Å². The maximum atomic E-state index is 11.7. The van der Waals surface area contributed by atoms with Crippen molar-refractivity contribution in [3.05, 3.63) is 46.8 Å². The molecule has 2 aromatic rings. The Morgan fingerprint density at radius 1 is 1.24 bits per heavy atom. The van der Waals surface area contributed by atoms with Crippen molar-refractivity contribution in [1.29, 1.82) is 0 Å². The summed E-state index contributed by atoms with van der Waals surface area (Å²) in [5.41, 5.74) is 1.17. The molecule has 1 N–H and O–H groups in total. The van der Waals surface area contributed by atoms with Gasteiger partial charge in [0, 0.05) is 18.2 Å². The number of nitrogens with one attached hydrogen (secondary N) is 1.